The Bertz CT molecular complexity index is 684. The number of piperidine rings is 1. The van der Waals surface area contributed by atoms with Crippen LogP contribution in [0.5, 0.6) is 0 Å². The second-order valence-corrected chi connectivity index (χ2v) is 7.38. The van der Waals surface area contributed by atoms with Crippen molar-refractivity contribution in [1.82, 2.24) is 9.88 Å². The van der Waals surface area contributed by atoms with Gasteiger partial charge < -0.3 is 4.98 Å². The van der Waals surface area contributed by atoms with Crippen LogP contribution < -0.4 is 0 Å². The van der Waals surface area contributed by atoms with Gasteiger partial charge in [-0.3, -0.25) is 4.90 Å². The van der Waals surface area contributed by atoms with E-state index in [1.54, 1.807) is 0 Å². The van der Waals surface area contributed by atoms with Gasteiger partial charge in [-0.05, 0) is 49.1 Å². The van der Waals surface area contributed by atoms with Gasteiger partial charge in [0.1, 0.15) is 0 Å². The number of aromatic nitrogens is 1. The lowest BCUT2D eigenvalue weighted by Gasteiger charge is -2.42. The molecule has 1 aliphatic carbocycles. The molecule has 3 atom stereocenters. The lowest BCUT2D eigenvalue weighted by Crippen LogP contribution is -2.47. The molecule has 0 spiro atoms. The molecule has 0 radical (unpaired) electrons. The minimum atomic E-state index is 0.773. The summed E-state index contributed by atoms with van der Waals surface area (Å²) in [6.45, 7) is 4.80. The largest absolute Gasteiger partial charge is 0.361 e. The summed E-state index contributed by atoms with van der Waals surface area (Å²) in [5, 5.41) is 1.40. The van der Waals surface area contributed by atoms with Crippen molar-refractivity contribution in [3.8, 4) is 0 Å². The van der Waals surface area contributed by atoms with Gasteiger partial charge in [-0.15, -0.1) is 0 Å². The zero-order chi connectivity index (χ0) is 15.6. The summed E-state index contributed by atoms with van der Waals surface area (Å²) in [5.74, 6) is 1.69. The number of nitrogens with zero attached hydrogens (tertiary/aromatic N) is 1. The maximum absolute atomic E-state index is 3.42. The number of hydrogen-bond donors (Lipinski definition) is 1. The van der Waals surface area contributed by atoms with Gasteiger partial charge in [-0.2, -0.15) is 0 Å². The van der Waals surface area contributed by atoms with Crippen LogP contribution in [0.2, 0.25) is 0 Å². The van der Waals surface area contributed by atoms with Gasteiger partial charge >= 0.3 is 0 Å². The van der Waals surface area contributed by atoms with Crippen LogP contribution in [-0.2, 0) is 6.42 Å². The maximum Gasteiger partial charge on any atom is 0.0456 e. The van der Waals surface area contributed by atoms with Gasteiger partial charge in [0.25, 0.3) is 0 Å². The minimum absolute atomic E-state index is 0.773. The van der Waals surface area contributed by atoms with Crippen LogP contribution in [0.15, 0.2) is 42.6 Å². The van der Waals surface area contributed by atoms with Crippen molar-refractivity contribution in [2.45, 2.75) is 45.1 Å². The number of para-hydroxylation sites is 1. The lowest BCUT2D eigenvalue weighted by molar-refractivity contribution is 0.0735. The normalized spacial score (nSPS) is 27.6. The fourth-order valence-corrected chi connectivity index (χ4v) is 4.79. The van der Waals surface area contributed by atoms with E-state index in [1.807, 2.05) is 0 Å². The third-order valence-corrected chi connectivity index (χ3v) is 5.88. The first-order valence-corrected chi connectivity index (χ1v) is 9.31. The average Bonchev–Trinajstić information content (AvgIpc) is 2.74. The highest BCUT2D eigenvalue weighted by molar-refractivity contribution is 5.83. The van der Waals surface area contributed by atoms with Crippen LogP contribution in [0, 0.1) is 11.8 Å². The second kappa shape index (κ2) is 6.52. The van der Waals surface area contributed by atoms with Crippen molar-refractivity contribution in [2.75, 3.05) is 13.1 Å². The highest BCUT2D eigenvalue weighted by atomic mass is 15.2. The molecule has 2 aliphatic heterocycles. The lowest BCUT2D eigenvalue weighted by atomic mass is 9.81. The van der Waals surface area contributed by atoms with E-state index < -0.39 is 0 Å². The van der Waals surface area contributed by atoms with E-state index in [9.17, 15) is 0 Å². The molecule has 1 aromatic heterocycles. The Hall–Kier alpha value is -1.54. The van der Waals surface area contributed by atoms with Gasteiger partial charge in [0.15, 0.2) is 0 Å². The SMILES string of the molecule is CCCC1CC2C=CCC1N(CCc1c[nH]c3ccccc13)C2. The summed E-state index contributed by atoms with van der Waals surface area (Å²) >= 11 is 0. The smallest absolute Gasteiger partial charge is 0.0456 e. The highest BCUT2D eigenvalue weighted by Crippen LogP contribution is 2.36. The fraction of sp³-hybridized carbons (Fsp3) is 0.524. The fourth-order valence-electron chi connectivity index (χ4n) is 4.79. The number of nitrogens with one attached hydrogen (secondary N) is 1. The monoisotopic (exact) mass is 308 g/mol. The van der Waals surface area contributed by atoms with Crippen molar-refractivity contribution < 1.29 is 0 Å². The van der Waals surface area contributed by atoms with E-state index >= 15 is 0 Å². The molecule has 2 nitrogen and oxygen atoms in total. The number of fused-ring (bicyclic) bond motifs is 4. The maximum atomic E-state index is 3.42. The van der Waals surface area contributed by atoms with Crippen molar-refractivity contribution in [2.24, 2.45) is 11.8 Å². The predicted octanol–water partition coefficient (Wildman–Crippen LogP) is 4.78. The first-order chi connectivity index (χ1) is 11.3. The summed E-state index contributed by atoms with van der Waals surface area (Å²) in [6.07, 6.45) is 13.7. The Kier molecular flexibility index (Phi) is 4.26. The molecule has 23 heavy (non-hydrogen) atoms. The summed E-state index contributed by atoms with van der Waals surface area (Å²) < 4.78 is 0. The third kappa shape index (κ3) is 2.97. The molecule has 3 aliphatic rings. The predicted molar refractivity (Wildman–Crippen MR) is 97.6 cm³/mol. The van der Waals surface area contributed by atoms with Gasteiger partial charge in [-0.1, -0.05) is 43.7 Å². The molecule has 1 saturated heterocycles. The third-order valence-electron chi connectivity index (χ3n) is 5.88. The molecule has 3 heterocycles. The van der Waals surface area contributed by atoms with E-state index in [-0.39, 0.29) is 0 Å². The zero-order valence-corrected chi connectivity index (χ0v) is 14.2. The van der Waals surface area contributed by atoms with Crippen molar-refractivity contribution in [3.63, 3.8) is 0 Å². The second-order valence-electron chi connectivity index (χ2n) is 7.38. The van der Waals surface area contributed by atoms with E-state index in [0.29, 0.717) is 0 Å². The Morgan fingerprint density at radius 1 is 1.26 bits per heavy atom. The van der Waals surface area contributed by atoms with Crippen molar-refractivity contribution in [1.29, 1.82) is 0 Å². The number of benzene rings is 1. The van der Waals surface area contributed by atoms with Crippen molar-refractivity contribution in [3.05, 3.63) is 48.2 Å². The Balaban J connectivity index is 1.48. The molecule has 2 aromatic rings. The van der Waals surface area contributed by atoms with Gasteiger partial charge in [0, 0.05) is 36.2 Å². The number of hydrogen-bond acceptors (Lipinski definition) is 1. The topological polar surface area (TPSA) is 19.0 Å². The zero-order valence-electron chi connectivity index (χ0n) is 14.2. The van der Waals surface area contributed by atoms with Crippen molar-refractivity contribution >= 4 is 10.9 Å². The van der Waals surface area contributed by atoms with Crippen LogP contribution in [0.4, 0.5) is 0 Å². The Morgan fingerprint density at radius 3 is 3.09 bits per heavy atom. The minimum Gasteiger partial charge on any atom is -0.361 e. The van der Waals surface area contributed by atoms with Crippen LogP contribution in [-0.4, -0.2) is 29.0 Å². The molecule has 0 saturated carbocycles. The molecule has 3 unspecified atom stereocenters. The molecule has 5 rings (SSSR count). The summed E-state index contributed by atoms with van der Waals surface area (Å²) in [5.41, 5.74) is 2.74. The van der Waals surface area contributed by atoms with E-state index in [4.69, 9.17) is 0 Å². The number of rotatable bonds is 5. The first kappa shape index (κ1) is 15.0. The van der Waals surface area contributed by atoms with Crippen LogP contribution in [0.1, 0.15) is 38.2 Å². The standard InChI is InChI=1S/C21H28N2/c1-2-6-17-13-16-7-5-10-21(17)23(15-16)12-11-18-14-22-20-9-4-3-8-19(18)20/h3-5,7-9,14,16-17,21-22H,2,6,10-13,15H2,1H3. The van der Waals surface area contributed by atoms with Crippen LogP contribution in [0.3, 0.4) is 0 Å². The van der Waals surface area contributed by atoms with Gasteiger partial charge in [-0.25, -0.2) is 0 Å². The molecule has 1 fully saturated rings. The summed E-state index contributed by atoms with van der Waals surface area (Å²) in [6, 6.07) is 9.45. The van der Waals surface area contributed by atoms with Crippen LogP contribution in [0.25, 0.3) is 10.9 Å². The van der Waals surface area contributed by atoms with E-state index in [1.165, 1.54) is 55.2 Å². The Labute approximate surface area is 139 Å². The van der Waals surface area contributed by atoms with E-state index in [0.717, 1.165) is 24.3 Å². The Morgan fingerprint density at radius 2 is 2.17 bits per heavy atom. The molecule has 2 bridgehead atoms. The summed E-state index contributed by atoms with van der Waals surface area (Å²) in [7, 11) is 0. The van der Waals surface area contributed by atoms with Gasteiger partial charge in [0.2, 0.25) is 0 Å². The molecule has 0 amide bonds. The molecule has 1 aromatic carbocycles. The quantitative estimate of drug-likeness (QED) is 0.788. The molecule has 2 heteroatoms. The average molecular weight is 308 g/mol. The molecular formula is C21H28N2. The highest BCUT2D eigenvalue weighted by Gasteiger charge is 2.35. The molecule has 1 N–H and O–H groups in total. The molecular weight excluding hydrogens is 280 g/mol. The van der Waals surface area contributed by atoms with Gasteiger partial charge in [0.05, 0.1) is 0 Å². The number of H-pyrrole nitrogens is 1. The molecule has 122 valence electrons. The van der Waals surface area contributed by atoms with E-state index in [2.05, 4.69) is 59.4 Å². The number of aromatic amines is 1. The first-order valence-electron chi connectivity index (χ1n) is 9.31. The summed E-state index contributed by atoms with van der Waals surface area (Å²) in [4.78, 5) is 6.21. The van der Waals surface area contributed by atoms with Crippen LogP contribution >= 0.6 is 0 Å².